The van der Waals surface area contributed by atoms with E-state index in [4.69, 9.17) is 9.47 Å². The summed E-state index contributed by atoms with van der Waals surface area (Å²) in [5.41, 5.74) is 2.80. The molecule has 3 nitrogen and oxygen atoms in total. The van der Waals surface area contributed by atoms with Crippen LogP contribution < -0.4 is 14.8 Å². The van der Waals surface area contributed by atoms with E-state index >= 15 is 0 Å². The predicted octanol–water partition coefficient (Wildman–Crippen LogP) is 2.05. The van der Waals surface area contributed by atoms with Gasteiger partial charge in [-0.3, -0.25) is 0 Å². The van der Waals surface area contributed by atoms with Crippen LogP contribution in [-0.4, -0.2) is 20.3 Å². The van der Waals surface area contributed by atoms with Crippen molar-refractivity contribution in [2.75, 3.05) is 20.3 Å². The van der Waals surface area contributed by atoms with Gasteiger partial charge in [-0.05, 0) is 49.6 Å². The summed E-state index contributed by atoms with van der Waals surface area (Å²) in [6, 6.07) is 4.79. The number of ether oxygens (including phenoxy) is 2. The van der Waals surface area contributed by atoms with E-state index in [9.17, 15) is 0 Å². The summed E-state index contributed by atoms with van der Waals surface area (Å²) in [5.74, 6) is 1.83. The highest BCUT2D eigenvalue weighted by Gasteiger charge is 2.23. The van der Waals surface area contributed by atoms with E-state index in [2.05, 4.69) is 17.4 Å². The van der Waals surface area contributed by atoms with Gasteiger partial charge in [0.15, 0.2) is 11.5 Å². The van der Waals surface area contributed by atoms with Gasteiger partial charge in [-0.2, -0.15) is 0 Å². The first-order valence-electron chi connectivity index (χ1n) is 5.98. The van der Waals surface area contributed by atoms with Crippen LogP contribution in [0.15, 0.2) is 12.1 Å². The third-order valence-corrected chi connectivity index (χ3v) is 3.47. The van der Waals surface area contributed by atoms with Gasteiger partial charge in [-0.25, -0.2) is 0 Å². The van der Waals surface area contributed by atoms with Crippen LogP contribution >= 0.6 is 0 Å². The van der Waals surface area contributed by atoms with E-state index in [0.29, 0.717) is 19.3 Å². The molecular weight excluding hydrogens is 202 g/mol. The molecule has 0 amide bonds. The Morgan fingerprint density at radius 3 is 2.69 bits per heavy atom. The summed E-state index contributed by atoms with van der Waals surface area (Å²) in [7, 11) is 2.02. The van der Waals surface area contributed by atoms with Gasteiger partial charge in [0.2, 0.25) is 0 Å². The minimum atomic E-state index is 0.472. The molecule has 0 fully saturated rings. The molecule has 1 unspecified atom stereocenters. The van der Waals surface area contributed by atoms with Crippen LogP contribution in [-0.2, 0) is 6.42 Å². The number of aryl methyl sites for hydroxylation is 1. The zero-order chi connectivity index (χ0) is 11.0. The minimum Gasteiger partial charge on any atom is -0.486 e. The van der Waals surface area contributed by atoms with Gasteiger partial charge in [0.1, 0.15) is 13.2 Å². The highest BCUT2D eigenvalue weighted by molar-refractivity contribution is 5.50. The molecule has 1 aliphatic carbocycles. The average Bonchev–Trinajstić information content (AvgIpc) is 2.35. The van der Waals surface area contributed by atoms with Crippen LogP contribution in [0.2, 0.25) is 0 Å². The second kappa shape index (κ2) is 3.98. The van der Waals surface area contributed by atoms with Crippen LogP contribution in [0, 0.1) is 0 Å². The number of nitrogens with one attached hydrogen (secondary N) is 1. The number of benzene rings is 1. The Morgan fingerprint density at radius 1 is 1.19 bits per heavy atom. The summed E-state index contributed by atoms with van der Waals surface area (Å²) in [6.07, 6.45) is 3.62. The van der Waals surface area contributed by atoms with Gasteiger partial charge in [-0.1, -0.05) is 0 Å². The van der Waals surface area contributed by atoms with Crippen molar-refractivity contribution in [1.82, 2.24) is 5.32 Å². The molecule has 0 radical (unpaired) electrons. The molecule has 1 aromatic rings. The third-order valence-electron chi connectivity index (χ3n) is 3.47. The molecule has 0 spiro atoms. The molecule has 0 bridgehead atoms. The van der Waals surface area contributed by atoms with Crippen LogP contribution in [0.5, 0.6) is 11.5 Å². The average molecular weight is 219 g/mol. The zero-order valence-corrected chi connectivity index (χ0v) is 9.58. The predicted molar refractivity (Wildman–Crippen MR) is 62.2 cm³/mol. The van der Waals surface area contributed by atoms with Crippen molar-refractivity contribution in [3.8, 4) is 11.5 Å². The third kappa shape index (κ3) is 1.55. The van der Waals surface area contributed by atoms with Crippen LogP contribution in [0.25, 0.3) is 0 Å². The fraction of sp³-hybridized carbons (Fsp3) is 0.538. The number of hydrogen-bond donors (Lipinski definition) is 1. The largest absolute Gasteiger partial charge is 0.486 e. The van der Waals surface area contributed by atoms with E-state index in [1.165, 1.54) is 24.0 Å². The maximum Gasteiger partial charge on any atom is 0.161 e. The SMILES string of the molecule is CNC1CCCc2cc3c(cc21)OCCO3. The highest BCUT2D eigenvalue weighted by Crippen LogP contribution is 2.39. The van der Waals surface area contributed by atoms with Crippen molar-refractivity contribution >= 4 is 0 Å². The van der Waals surface area contributed by atoms with E-state index in [0.717, 1.165) is 17.9 Å². The quantitative estimate of drug-likeness (QED) is 0.784. The van der Waals surface area contributed by atoms with Crippen molar-refractivity contribution in [2.45, 2.75) is 25.3 Å². The van der Waals surface area contributed by atoms with Crippen molar-refractivity contribution in [3.05, 3.63) is 23.3 Å². The Kier molecular flexibility index (Phi) is 2.48. The van der Waals surface area contributed by atoms with E-state index < -0.39 is 0 Å². The van der Waals surface area contributed by atoms with Crippen LogP contribution in [0.1, 0.15) is 30.0 Å². The second-order valence-corrected chi connectivity index (χ2v) is 4.43. The lowest BCUT2D eigenvalue weighted by molar-refractivity contribution is 0.171. The van der Waals surface area contributed by atoms with Crippen molar-refractivity contribution in [3.63, 3.8) is 0 Å². The molecule has 1 heterocycles. The summed E-state index contributed by atoms with van der Waals surface area (Å²) in [4.78, 5) is 0. The number of hydrogen-bond acceptors (Lipinski definition) is 3. The molecule has 16 heavy (non-hydrogen) atoms. The molecule has 0 saturated heterocycles. The maximum absolute atomic E-state index is 5.63. The standard InChI is InChI=1S/C13H17NO2/c1-14-11-4-2-3-9-7-12-13(8-10(9)11)16-6-5-15-12/h7-8,11,14H,2-6H2,1H3. The fourth-order valence-corrected chi connectivity index (χ4v) is 2.64. The summed E-state index contributed by atoms with van der Waals surface area (Å²) in [6.45, 7) is 1.33. The number of fused-ring (bicyclic) bond motifs is 2. The summed E-state index contributed by atoms with van der Waals surface area (Å²) >= 11 is 0. The Labute approximate surface area is 95.8 Å². The lowest BCUT2D eigenvalue weighted by atomic mass is 9.87. The van der Waals surface area contributed by atoms with E-state index in [1.807, 2.05) is 7.05 Å². The highest BCUT2D eigenvalue weighted by atomic mass is 16.6. The first kappa shape index (κ1) is 9.97. The van der Waals surface area contributed by atoms with Gasteiger partial charge in [-0.15, -0.1) is 0 Å². The molecule has 2 aliphatic rings. The lowest BCUT2D eigenvalue weighted by Crippen LogP contribution is -2.23. The van der Waals surface area contributed by atoms with Gasteiger partial charge >= 0.3 is 0 Å². The smallest absolute Gasteiger partial charge is 0.161 e. The van der Waals surface area contributed by atoms with Gasteiger partial charge < -0.3 is 14.8 Å². The molecule has 1 aliphatic heterocycles. The van der Waals surface area contributed by atoms with Crippen molar-refractivity contribution < 1.29 is 9.47 Å². The molecule has 3 heteroatoms. The van der Waals surface area contributed by atoms with Crippen molar-refractivity contribution in [1.29, 1.82) is 0 Å². The topological polar surface area (TPSA) is 30.5 Å². The summed E-state index contributed by atoms with van der Waals surface area (Å²) in [5, 5.41) is 3.37. The molecule has 1 N–H and O–H groups in total. The molecule has 1 atom stereocenters. The molecule has 0 saturated carbocycles. The van der Waals surface area contributed by atoms with Gasteiger partial charge in [0.25, 0.3) is 0 Å². The van der Waals surface area contributed by atoms with E-state index in [-0.39, 0.29) is 0 Å². The lowest BCUT2D eigenvalue weighted by Gasteiger charge is -2.28. The molecule has 86 valence electrons. The van der Waals surface area contributed by atoms with Crippen molar-refractivity contribution in [2.24, 2.45) is 0 Å². The molecule has 3 rings (SSSR count). The maximum atomic E-state index is 5.63. The first-order valence-corrected chi connectivity index (χ1v) is 5.98. The monoisotopic (exact) mass is 219 g/mol. The summed E-state index contributed by atoms with van der Waals surface area (Å²) < 4.78 is 11.2. The second-order valence-electron chi connectivity index (χ2n) is 4.43. The number of rotatable bonds is 1. The Balaban J connectivity index is 2.05. The van der Waals surface area contributed by atoms with Crippen LogP contribution in [0.3, 0.4) is 0 Å². The zero-order valence-electron chi connectivity index (χ0n) is 9.58. The van der Waals surface area contributed by atoms with E-state index in [1.54, 1.807) is 0 Å². The first-order chi connectivity index (χ1) is 7.88. The van der Waals surface area contributed by atoms with Gasteiger partial charge in [0, 0.05) is 6.04 Å². The minimum absolute atomic E-state index is 0.472. The fourth-order valence-electron chi connectivity index (χ4n) is 2.64. The Morgan fingerprint density at radius 2 is 1.94 bits per heavy atom. The normalized spacial score (nSPS) is 22.7. The van der Waals surface area contributed by atoms with Crippen LogP contribution in [0.4, 0.5) is 0 Å². The van der Waals surface area contributed by atoms with Gasteiger partial charge in [0.05, 0.1) is 0 Å². The molecule has 0 aromatic heterocycles. The molecule has 1 aromatic carbocycles. The molecular formula is C13H17NO2. The Bertz CT molecular complexity index is 403. The Hall–Kier alpha value is -1.22.